The Bertz CT molecular complexity index is 1130. The van der Waals surface area contributed by atoms with Crippen LogP contribution in [0.5, 0.6) is 0 Å². The normalized spacial score (nSPS) is 18.7. The fourth-order valence-corrected chi connectivity index (χ4v) is 4.44. The van der Waals surface area contributed by atoms with E-state index in [-0.39, 0.29) is 29.7 Å². The van der Waals surface area contributed by atoms with Crippen molar-refractivity contribution in [2.45, 2.75) is 45.3 Å². The molecule has 0 bridgehead atoms. The van der Waals surface area contributed by atoms with Crippen LogP contribution in [0.3, 0.4) is 0 Å². The van der Waals surface area contributed by atoms with Gasteiger partial charge in [-0.05, 0) is 53.3 Å². The van der Waals surface area contributed by atoms with Crippen molar-refractivity contribution in [3.8, 4) is 11.1 Å². The summed E-state index contributed by atoms with van der Waals surface area (Å²) in [5, 5.41) is 0. The lowest BCUT2D eigenvalue weighted by molar-refractivity contribution is -0.120. The molecule has 0 spiro atoms. The number of hydrogen-bond donors (Lipinski definition) is 1. The average Bonchev–Trinajstić information content (AvgIpc) is 3.68. The van der Waals surface area contributed by atoms with Crippen molar-refractivity contribution in [1.82, 2.24) is 4.98 Å². The highest BCUT2D eigenvalue weighted by Crippen LogP contribution is 2.48. The quantitative estimate of drug-likeness (QED) is 0.391. The van der Waals surface area contributed by atoms with E-state index < -0.39 is 5.95 Å². The summed E-state index contributed by atoms with van der Waals surface area (Å²) in [7, 11) is 1.69. The number of nitrogens with zero attached hydrogens (tertiary/aromatic N) is 2. The molecule has 1 heterocycles. The Kier molecular flexibility index (Phi) is 7.93. The highest BCUT2D eigenvalue weighted by atomic mass is 19.1. The lowest BCUT2D eigenvalue weighted by Gasteiger charge is -2.29. The summed E-state index contributed by atoms with van der Waals surface area (Å²) in [6, 6.07) is 20.9. The van der Waals surface area contributed by atoms with E-state index in [1.54, 1.807) is 19.2 Å². The molecule has 5 nitrogen and oxygen atoms in total. The molecular formula is C29H34FN3O2. The molecule has 6 heteroatoms. The number of anilines is 1. The molecule has 184 valence electrons. The molecule has 3 aromatic rings. The first-order chi connectivity index (χ1) is 16.9. The summed E-state index contributed by atoms with van der Waals surface area (Å²) in [4.78, 5) is 19.4. The Labute approximate surface area is 207 Å². The molecular weight excluding hydrogens is 441 g/mol. The number of rotatable bonds is 10. The third-order valence-corrected chi connectivity index (χ3v) is 7.04. The molecule has 4 atom stereocenters. The van der Waals surface area contributed by atoms with Gasteiger partial charge in [0, 0.05) is 42.9 Å². The van der Waals surface area contributed by atoms with E-state index in [9.17, 15) is 9.18 Å². The van der Waals surface area contributed by atoms with Gasteiger partial charge in [-0.3, -0.25) is 4.79 Å². The van der Waals surface area contributed by atoms with Gasteiger partial charge >= 0.3 is 0 Å². The number of aromatic nitrogens is 1. The van der Waals surface area contributed by atoms with E-state index in [0.29, 0.717) is 25.3 Å². The number of ether oxygens (including phenoxy) is 1. The monoisotopic (exact) mass is 475 g/mol. The summed E-state index contributed by atoms with van der Waals surface area (Å²) in [6.07, 6.45) is 1.62. The van der Waals surface area contributed by atoms with Gasteiger partial charge in [0.1, 0.15) is 0 Å². The molecule has 2 aromatic carbocycles. The molecule has 1 aromatic heterocycles. The van der Waals surface area contributed by atoms with E-state index in [1.165, 1.54) is 6.07 Å². The number of carbonyl (C=O) groups excluding carboxylic acids is 1. The van der Waals surface area contributed by atoms with Crippen LogP contribution in [0.4, 0.5) is 10.1 Å². The number of nitrogens with two attached hydrogens (primary N) is 1. The molecule has 0 radical (unpaired) electrons. The first-order valence-electron chi connectivity index (χ1n) is 12.3. The largest absolute Gasteiger partial charge is 0.380 e. The number of methoxy groups -OCH3 is 1. The number of pyridine rings is 1. The fourth-order valence-electron chi connectivity index (χ4n) is 4.44. The third-order valence-electron chi connectivity index (χ3n) is 7.04. The summed E-state index contributed by atoms with van der Waals surface area (Å²) in [5.41, 5.74) is 11.2. The van der Waals surface area contributed by atoms with E-state index in [0.717, 1.165) is 28.8 Å². The molecule has 4 rings (SSSR count). The van der Waals surface area contributed by atoms with Crippen molar-refractivity contribution in [1.29, 1.82) is 0 Å². The van der Waals surface area contributed by atoms with Crippen molar-refractivity contribution in [3.63, 3.8) is 0 Å². The first-order valence-corrected chi connectivity index (χ1v) is 12.3. The average molecular weight is 476 g/mol. The zero-order chi connectivity index (χ0) is 24.9. The van der Waals surface area contributed by atoms with Crippen molar-refractivity contribution >= 4 is 11.6 Å². The van der Waals surface area contributed by atoms with E-state index in [4.69, 9.17) is 10.5 Å². The van der Waals surface area contributed by atoms with Crippen LogP contribution in [-0.4, -0.2) is 30.6 Å². The van der Waals surface area contributed by atoms with Crippen LogP contribution in [0.2, 0.25) is 0 Å². The molecule has 35 heavy (non-hydrogen) atoms. The standard InChI is InChI=1S/C29H34FN3O2/c1-4-19(2)26(31)17-33(29(34)25-16-24(25)27-6-5-7-28(30)32-27)23-14-12-22(13-15-23)21-10-8-20(9-11-21)18-35-3/h5-15,19,24-26H,4,16-18,31H2,1-3H3/t19-,24-,25-,26+/m0/s1. The van der Waals surface area contributed by atoms with Crippen LogP contribution in [0, 0.1) is 17.8 Å². The van der Waals surface area contributed by atoms with Gasteiger partial charge in [-0.1, -0.05) is 62.7 Å². The van der Waals surface area contributed by atoms with E-state index >= 15 is 0 Å². The number of benzene rings is 2. The molecule has 2 N–H and O–H groups in total. The summed E-state index contributed by atoms with van der Waals surface area (Å²) < 4.78 is 18.8. The maximum absolute atomic E-state index is 13.6. The van der Waals surface area contributed by atoms with Gasteiger partial charge < -0.3 is 15.4 Å². The number of amides is 1. The Morgan fingerprint density at radius 2 is 1.77 bits per heavy atom. The third kappa shape index (κ3) is 5.95. The maximum atomic E-state index is 13.6. The topological polar surface area (TPSA) is 68.5 Å². The van der Waals surface area contributed by atoms with Crippen molar-refractivity contribution in [2.75, 3.05) is 18.6 Å². The molecule has 1 fully saturated rings. The maximum Gasteiger partial charge on any atom is 0.230 e. The Morgan fingerprint density at radius 3 is 2.37 bits per heavy atom. The fraction of sp³-hybridized carbons (Fsp3) is 0.379. The zero-order valence-corrected chi connectivity index (χ0v) is 20.7. The van der Waals surface area contributed by atoms with Gasteiger partial charge in [0.2, 0.25) is 11.9 Å². The van der Waals surface area contributed by atoms with Gasteiger partial charge in [0.05, 0.1) is 6.61 Å². The van der Waals surface area contributed by atoms with E-state index in [1.807, 2.05) is 29.2 Å². The summed E-state index contributed by atoms with van der Waals surface area (Å²) >= 11 is 0. The Morgan fingerprint density at radius 1 is 1.11 bits per heavy atom. The predicted molar refractivity (Wildman–Crippen MR) is 137 cm³/mol. The van der Waals surface area contributed by atoms with Crippen LogP contribution >= 0.6 is 0 Å². The second kappa shape index (κ2) is 11.1. The van der Waals surface area contributed by atoms with Gasteiger partial charge in [0.25, 0.3) is 0 Å². The second-order valence-electron chi connectivity index (χ2n) is 9.51. The highest BCUT2D eigenvalue weighted by Gasteiger charge is 2.47. The zero-order valence-electron chi connectivity index (χ0n) is 20.7. The Hall–Kier alpha value is -3.09. The molecule has 1 amide bonds. The predicted octanol–water partition coefficient (Wildman–Crippen LogP) is 5.54. The van der Waals surface area contributed by atoms with Crippen LogP contribution in [0.25, 0.3) is 11.1 Å². The van der Waals surface area contributed by atoms with Crippen molar-refractivity contribution in [3.05, 3.63) is 83.9 Å². The number of carbonyl (C=O) groups is 1. The summed E-state index contributed by atoms with van der Waals surface area (Å²) in [6.45, 7) is 5.24. The Balaban J connectivity index is 1.55. The van der Waals surface area contributed by atoms with Crippen molar-refractivity contribution < 1.29 is 13.9 Å². The second-order valence-corrected chi connectivity index (χ2v) is 9.51. The molecule has 0 saturated heterocycles. The smallest absolute Gasteiger partial charge is 0.230 e. The molecule has 0 unspecified atom stereocenters. The van der Waals surface area contributed by atoms with Gasteiger partial charge in [-0.25, -0.2) is 4.98 Å². The molecule has 1 aliphatic carbocycles. The van der Waals surface area contributed by atoms with Gasteiger partial charge in [0.15, 0.2) is 0 Å². The van der Waals surface area contributed by atoms with E-state index in [2.05, 4.69) is 43.1 Å². The molecule has 1 aliphatic rings. The SMILES string of the molecule is CC[C@H](C)[C@H](N)CN(C(=O)[C@H]1C[C@@H]1c1cccc(F)n1)c1ccc(-c2ccc(COC)cc2)cc1. The molecule has 0 aliphatic heterocycles. The lowest BCUT2D eigenvalue weighted by atomic mass is 9.98. The minimum atomic E-state index is -0.512. The van der Waals surface area contributed by atoms with Crippen LogP contribution < -0.4 is 10.6 Å². The minimum Gasteiger partial charge on any atom is -0.380 e. The number of hydrogen-bond acceptors (Lipinski definition) is 4. The van der Waals surface area contributed by atoms with Crippen LogP contribution in [-0.2, 0) is 16.1 Å². The first kappa shape index (κ1) is 25.0. The van der Waals surface area contributed by atoms with Gasteiger partial charge in [-0.2, -0.15) is 4.39 Å². The lowest BCUT2D eigenvalue weighted by Crippen LogP contribution is -2.45. The number of halogens is 1. The minimum absolute atomic E-state index is 0.0245. The van der Waals surface area contributed by atoms with Crippen LogP contribution in [0.15, 0.2) is 66.7 Å². The molecule has 1 saturated carbocycles. The highest BCUT2D eigenvalue weighted by molar-refractivity contribution is 5.97. The van der Waals surface area contributed by atoms with Crippen LogP contribution in [0.1, 0.15) is 43.9 Å². The summed E-state index contributed by atoms with van der Waals surface area (Å²) in [5.74, 6) is -0.458. The van der Waals surface area contributed by atoms with Gasteiger partial charge in [-0.15, -0.1) is 0 Å². The van der Waals surface area contributed by atoms with Crippen molar-refractivity contribution in [2.24, 2.45) is 17.6 Å².